The largest absolute Gasteiger partial charge is 0.399 e. The number of anilines is 1. The second kappa shape index (κ2) is 5.09. The molecule has 0 amide bonds. The van der Waals surface area contributed by atoms with Crippen LogP contribution in [0.1, 0.15) is 5.01 Å². The summed E-state index contributed by atoms with van der Waals surface area (Å²) in [7, 11) is 1.95. The number of rotatable bonds is 4. The Morgan fingerprint density at radius 3 is 2.75 bits per heavy atom. The molecule has 2 aromatic rings. The molecule has 2 rings (SSSR count). The molecule has 0 fully saturated rings. The van der Waals surface area contributed by atoms with Crippen molar-refractivity contribution in [3.8, 4) is 11.3 Å². The third kappa shape index (κ3) is 2.59. The average molecular weight is 233 g/mol. The molecule has 0 unspecified atom stereocenters. The molecule has 0 spiro atoms. The third-order valence-electron chi connectivity index (χ3n) is 2.35. The molecule has 0 aliphatic carbocycles. The highest BCUT2D eigenvalue weighted by Gasteiger charge is 2.03. The molecule has 0 radical (unpaired) electrons. The summed E-state index contributed by atoms with van der Waals surface area (Å²) in [6.45, 7) is 0.967. The summed E-state index contributed by atoms with van der Waals surface area (Å²) >= 11 is 1.71. The van der Waals surface area contributed by atoms with Gasteiger partial charge in [0.15, 0.2) is 0 Å². The molecule has 3 nitrogen and oxygen atoms in total. The van der Waals surface area contributed by atoms with Crippen molar-refractivity contribution in [2.45, 2.75) is 6.42 Å². The SMILES string of the molecule is CNCCc1nc(-c2ccc(N)cc2)cs1. The maximum Gasteiger partial charge on any atom is 0.0945 e. The first kappa shape index (κ1) is 11.1. The van der Waals surface area contributed by atoms with Crippen LogP contribution in [0.2, 0.25) is 0 Å². The van der Waals surface area contributed by atoms with Gasteiger partial charge in [-0.15, -0.1) is 11.3 Å². The van der Waals surface area contributed by atoms with Crippen molar-refractivity contribution in [1.82, 2.24) is 10.3 Å². The maximum atomic E-state index is 5.65. The predicted molar refractivity (Wildman–Crippen MR) is 69.6 cm³/mol. The van der Waals surface area contributed by atoms with Crippen LogP contribution >= 0.6 is 11.3 Å². The Balaban J connectivity index is 2.15. The van der Waals surface area contributed by atoms with E-state index in [0.717, 1.165) is 29.9 Å². The van der Waals surface area contributed by atoms with E-state index in [0.29, 0.717) is 0 Å². The van der Waals surface area contributed by atoms with E-state index in [1.807, 2.05) is 31.3 Å². The molecule has 0 bridgehead atoms. The summed E-state index contributed by atoms with van der Waals surface area (Å²) in [5, 5.41) is 6.38. The Bertz CT molecular complexity index is 448. The van der Waals surface area contributed by atoms with Crippen LogP contribution in [0.25, 0.3) is 11.3 Å². The average Bonchev–Trinajstić information content (AvgIpc) is 2.76. The lowest BCUT2D eigenvalue weighted by Gasteiger charge is -1.97. The molecular weight excluding hydrogens is 218 g/mol. The summed E-state index contributed by atoms with van der Waals surface area (Å²) in [6.07, 6.45) is 0.982. The van der Waals surface area contributed by atoms with Crippen LogP contribution in [0.4, 0.5) is 5.69 Å². The lowest BCUT2D eigenvalue weighted by atomic mass is 10.1. The van der Waals surface area contributed by atoms with Crippen LogP contribution in [-0.4, -0.2) is 18.6 Å². The van der Waals surface area contributed by atoms with Crippen LogP contribution in [0, 0.1) is 0 Å². The number of benzene rings is 1. The predicted octanol–water partition coefficient (Wildman–Crippen LogP) is 2.15. The normalized spacial score (nSPS) is 10.6. The number of nitrogens with one attached hydrogen (secondary N) is 1. The van der Waals surface area contributed by atoms with E-state index in [2.05, 4.69) is 15.7 Å². The highest BCUT2D eigenvalue weighted by molar-refractivity contribution is 7.09. The van der Waals surface area contributed by atoms with Crippen molar-refractivity contribution < 1.29 is 0 Å². The van der Waals surface area contributed by atoms with Crippen molar-refractivity contribution in [3.63, 3.8) is 0 Å². The van der Waals surface area contributed by atoms with E-state index in [4.69, 9.17) is 5.73 Å². The number of hydrogen-bond donors (Lipinski definition) is 2. The first-order valence-electron chi connectivity index (χ1n) is 5.24. The minimum atomic E-state index is 0.786. The Labute approximate surface area is 99.3 Å². The number of likely N-dealkylation sites (N-methyl/N-ethyl adjacent to an activating group) is 1. The van der Waals surface area contributed by atoms with Crippen LogP contribution in [0.3, 0.4) is 0 Å². The standard InChI is InChI=1S/C12H15N3S/c1-14-7-6-12-15-11(8-16-12)9-2-4-10(13)5-3-9/h2-5,8,14H,6-7,13H2,1H3. The summed E-state index contributed by atoms with van der Waals surface area (Å²) in [6, 6.07) is 7.82. The zero-order valence-electron chi connectivity index (χ0n) is 9.23. The molecule has 1 aromatic heterocycles. The van der Waals surface area contributed by atoms with Gasteiger partial charge in [0.05, 0.1) is 10.7 Å². The minimum absolute atomic E-state index is 0.786. The van der Waals surface area contributed by atoms with Gasteiger partial charge in [0.25, 0.3) is 0 Å². The van der Waals surface area contributed by atoms with Crippen LogP contribution < -0.4 is 11.1 Å². The van der Waals surface area contributed by atoms with Crippen molar-refractivity contribution in [2.75, 3.05) is 19.3 Å². The van der Waals surface area contributed by atoms with E-state index >= 15 is 0 Å². The van der Waals surface area contributed by atoms with E-state index < -0.39 is 0 Å². The molecule has 0 saturated carbocycles. The van der Waals surface area contributed by atoms with Gasteiger partial charge in [-0.25, -0.2) is 4.98 Å². The molecule has 0 aliphatic rings. The van der Waals surface area contributed by atoms with Crippen molar-refractivity contribution in [2.24, 2.45) is 0 Å². The number of thiazole rings is 1. The van der Waals surface area contributed by atoms with E-state index in [1.165, 1.54) is 5.01 Å². The molecular formula is C12H15N3S. The summed E-state index contributed by atoms with van der Waals surface area (Å²) in [5.41, 5.74) is 8.60. The smallest absolute Gasteiger partial charge is 0.0945 e. The summed E-state index contributed by atoms with van der Waals surface area (Å²) < 4.78 is 0. The molecule has 1 heterocycles. The molecule has 0 atom stereocenters. The lowest BCUT2D eigenvalue weighted by Crippen LogP contribution is -2.09. The molecule has 4 heteroatoms. The van der Waals surface area contributed by atoms with Crippen LogP contribution in [0.5, 0.6) is 0 Å². The molecule has 3 N–H and O–H groups in total. The van der Waals surface area contributed by atoms with E-state index in [9.17, 15) is 0 Å². The van der Waals surface area contributed by atoms with Gasteiger partial charge in [-0.05, 0) is 19.2 Å². The topological polar surface area (TPSA) is 50.9 Å². The van der Waals surface area contributed by atoms with Gasteiger partial charge >= 0.3 is 0 Å². The Hall–Kier alpha value is -1.39. The third-order valence-corrected chi connectivity index (χ3v) is 3.26. The van der Waals surface area contributed by atoms with Gasteiger partial charge in [-0.2, -0.15) is 0 Å². The highest BCUT2D eigenvalue weighted by atomic mass is 32.1. The lowest BCUT2D eigenvalue weighted by molar-refractivity contribution is 0.788. The highest BCUT2D eigenvalue weighted by Crippen LogP contribution is 2.22. The van der Waals surface area contributed by atoms with Gasteiger partial charge in [0.1, 0.15) is 0 Å². The first-order chi connectivity index (χ1) is 7.79. The fourth-order valence-corrected chi connectivity index (χ4v) is 2.25. The number of aromatic nitrogens is 1. The second-order valence-corrected chi connectivity index (χ2v) is 4.54. The summed E-state index contributed by atoms with van der Waals surface area (Å²) in [4.78, 5) is 4.59. The van der Waals surface area contributed by atoms with Crippen molar-refractivity contribution >= 4 is 17.0 Å². The number of hydrogen-bond acceptors (Lipinski definition) is 4. The maximum absolute atomic E-state index is 5.65. The van der Waals surface area contributed by atoms with Gasteiger partial charge in [0, 0.05) is 29.6 Å². The van der Waals surface area contributed by atoms with Crippen molar-refractivity contribution in [3.05, 3.63) is 34.7 Å². The number of nitrogen functional groups attached to an aromatic ring is 1. The Morgan fingerprint density at radius 2 is 2.06 bits per heavy atom. The Morgan fingerprint density at radius 1 is 1.31 bits per heavy atom. The second-order valence-electron chi connectivity index (χ2n) is 3.60. The van der Waals surface area contributed by atoms with Gasteiger partial charge in [0.2, 0.25) is 0 Å². The van der Waals surface area contributed by atoms with E-state index in [1.54, 1.807) is 11.3 Å². The molecule has 16 heavy (non-hydrogen) atoms. The zero-order chi connectivity index (χ0) is 11.4. The quantitative estimate of drug-likeness (QED) is 0.796. The van der Waals surface area contributed by atoms with Gasteiger partial charge in [-0.1, -0.05) is 12.1 Å². The molecule has 0 saturated heterocycles. The molecule has 0 aliphatic heterocycles. The fraction of sp³-hybridized carbons (Fsp3) is 0.250. The first-order valence-corrected chi connectivity index (χ1v) is 6.12. The van der Waals surface area contributed by atoms with Gasteiger partial charge in [-0.3, -0.25) is 0 Å². The fourth-order valence-electron chi connectivity index (χ4n) is 1.44. The minimum Gasteiger partial charge on any atom is -0.399 e. The molecule has 84 valence electrons. The monoisotopic (exact) mass is 233 g/mol. The molecule has 1 aromatic carbocycles. The zero-order valence-corrected chi connectivity index (χ0v) is 10.1. The summed E-state index contributed by atoms with van der Waals surface area (Å²) in [5.74, 6) is 0. The Kier molecular flexibility index (Phi) is 3.54. The number of nitrogens with two attached hydrogens (primary N) is 1. The van der Waals surface area contributed by atoms with Crippen LogP contribution in [0.15, 0.2) is 29.6 Å². The van der Waals surface area contributed by atoms with Crippen LogP contribution in [-0.2, 0) is 6.42 Å². The number of nitrogens with zero attached hydrogens (tertiary/aromatic N) is 1. The van der Waals surface area contributed by atoms with Crippen molar-refractivity contribution in [1.29, 1.82) is 0 Å². The van der Waals surface area contributed by atoms with E-state index in [-0.39, 0.29) is 0 Å². The van der Waals surface area contributed by atoms with Gasteiger partial charge < -0.3 is 11.1 Å².